The van der Waals surface area contributed by atoms with Crippen LogP contribution in [-0.2, 0) is 0 Å². The van der Waals surface area contributed by atoms with Gasteiger partial charge in [-0.15, -0.1) is 0 Å². The van der Waals surface area contributed by atoms with Crippen LogP contribution in [0.1, 0.15) is 31.1 Å². The maximum atomic E-state index is 13.0. The van der Waals surface area contributed by atoms with Gasteiger partial charge in [0.05, 0.1) is 19.8 Å². The number of halogens is 1. The standard InChI is InChI=1S/C25H24FN3O5/c1-33-21-5-3-4-20(22(21)34-2)25(32)28-15-14-27-23(30)16-8-12-19(13-9-16)29-24(31)17-6-10-18(26)11-7-17/h3-13H,14-15H2,1-2H3,(H,27,30)(H,28,32)(H,29,31). The van der Waals surface area contributed by atoms with Gasteiger partial charge < -0.3 is 25.4 Å². The summed E-state index contributed by atoms with van der Waals surface area (Å²) in [4.78, 5) is 37.0. The van der Waals surface area contributed by atoms with Crippen LogP contribution in [-0.4, -0.2) is 45.0 Å². The lowest BCUT2D eigenvalue weighted by Gasteiger charge is -2.13. The summed E-state index contributed by atoms with van der Waals surface area (Å²) >= 11 is 0. The first-order valence-corrected chi connectivity index (χ1v) is 10.4. The topological polar surface area (TPSA) is 106 Å². The van der Waals surface area contributed by atoms with E-state index in [9.17, 15) is 18.8 Å². The molecule has 3 aromatic carbocycles. The second-order valence-corrected chi connectivity index (χ2v) is 7.09. The number of benzene rings is 3. The first-order chi connectivity index (χ1) is 16.4. The molecular formula is C25H24FN3O5. The second kappa shape index (κ2) is 11.5. The van der Waals surface area contributed by atoms with E-state index in [1.54, 1.807) is 42.5 Å². The fraction of sp³-hybridized carbons (Fsp3) is 0.160. The zero-order valence-electron chi connectivity index (χ0n) is 18.7. The van der Waals surface area contributed by atoms with Gasteiger partial charge in [-0.05, 0) is 60.7 Å². The van der Waals surface area contributed by atoms with Crippen molar-refractivity contribution in [3.8, 4) is 11.5 Å². The van der Waals surface area contributed by atoms with Crippen molar-refractivity contribution in [1.82, 2.24) is 10.6 Å². The maximum Gasteiger partial charge on any atom is 0.255 e. The van der Waals surface area contributed by atoms with Crippen LogP contribution in [0, 0.1) is 5.82 Å². The Hall–Kier alpha value is -4.40. The van der Waals surface area contributed by atoms with E-state index in [0.717, 1.165) is 0 Å². The van der Waals surface area contributed by atoms with E-state index in [1.807, 2.05) is 0 Å². The molecule has 0 aliphatic carbocycles. The molecule has 8 nitrogen and oxygen atoms in total. The molecule has 0 spiro atoms. The quantitative estimate of drug-likeness (QED) is 0.421. The van der Waals surface area contributed by atoms with Gasteiger partial charge in [0, 0.05) is 29.9 Å². The number of ether oxygens (including phenoxy) is 2. The van der Waals surface area contributed by atoms with Gasteiger partial charge >= 0.3 is 0 Å². The van der Waals surface area contributed by atoms with Gasteiger partial charge in [0.2, 0.25) is 0 Å². The molecule has 0 saturated carbocycles. The monoisotopic (exact) mass is 465 g/mol. The SMILES string of the molecule is COc1cccc(C(=O)NCCNC(=O)c2ccc(NC(=O)c3ccc(F)cc3)cc2)c1OC. The molecule has 0 aliphatic heterocycles. The molecule has 0 unspecified atom stereocenters. The van der Waals surface area contributed by atoms with Gasteiger partial charge in [-0.2, -0.15) is 0 Å². The number of nitrogens with one attached hydrogen (secondary N) is 3. The van der Waals surface area contributed by atoms with Crippen LogP contribution in [0.2, 0.25) is 0 Å². The Kier molecular flexibility index (Phi) is 8.17. The molecule has 3 rings (SSSR count). The molecule has 3 amide bonds. The minimum atomic E-state index is -0.425. The number of hydrogen-bond acceptors (Lipinski definition) is 5. The van der Waals surface area contributed by atoms with E-state index in [-0.39, 0.29) is 30.8 Å². The molecule has 0 atom stereocenters. The average molecular weight is 465 g/mol. The van der Waals surface area contributed by atoms with E-state index < -0.39 is 5.82 Å². The number of hydrogen-bond donors (Lipinski definition) is 3. The minimum Gasteiger partial charge on any atom is -0.493 e. The average Bonchev–Trinajstić information content (AvgIpc) is 2.86. The molecular weight excluding hydrogens is 441 g/mol. The third kappa shape index (κ3) is 6.10. The Morgan fingerprint density at radius 2 is 1.32 bits per heavy atom. The summed E-state index contributed by atoms with van der Waals surface area (Å²) in [6.07, 6.45) is 0. The van der Waals surface area contributed by atoms with Gasteiger partial charge in [0.15, 0.2) is 11.5 Å². The number of amides is 3. The molecule has 0 heterocycles. The highest BCUT2D eigenvalue weighted by Gasteiger charge is 2.16. The van der Waals surface area contributed by atoms with Crippen LogP contribution in [0.15, 0.2) is 66.7 Å². The Labute approximate surface area is 196 Å². The van der Waals surface area contributed by atoms with Gasteiger partial charge in [0.25, 0.3) is 17.7 Å². The molecule has 0 aromatic heterocycles. The smallest absolute Gasteiger partial charge is 0.255 e. The lowest BCUT2D eigenvalue weighted by atomic mass is 10.1. The first kappa shape index (κ1) is 24.2. The summed E-state index contributed by atoms with van der Waals surface area (Å²) < 4.78 is 23.4. The summed E-state index contributed by atoms with van der Waals surface area (Å²) in [6, 6.07) is 16.5. The maximum absolute atomic E-state index is 13.0. The molecule has 3 aromatic rings. The van der Waals surface area contributed by atoms with Crippen molar-refractivity contribution in [2.45, 2.75) is 0 Å². The number of rotatable bonds is 9. The van der Waals surface area contributed by atoms with Crippen LogP contribution >= 0.6 is 0 Å². The summed E-state index contributed by atoms with van der Waals surface area (Å²) in [5, 5.41) is 8.12. The van der Waals surface area contributed by atoms with E-state index >= 15 is 0 Å². The van der Waals surface area contributed by atoms with Crippen molar-refractivity contribution >= 4 is 23.4 Å². The Balaban J connectivity index is 1.47. The van der Waals surface area contributed by atoms with Crippen molar-refractivity contribution in [2.75, 3.05) is 32.6 Å². The molecule has 9 heteroatoms. The largest absolute Gasteiger partial charge is 0.493 e. The van der Waals surface area contributed by atoms with E-state index in [4.69, 9.17) is 9.47 Å². The van der Waals surface area contributed by atoms with Crippen molar-refractivity contribution in [3.63, 3.8) is 0 Å². The molecule has 0 bridgehead atoms. The lowest BCUT2D eigenvalue weighted by Crippen LogP contribution is -2.34. The van der Waals surface area contributed by atoms with Crippen molar-refractivity contribution in [2.24, 2.45) is 0 Å². The van der Waals surface area contributed by atoms with E-state index in [2.05, 4.69) is 16.0 Å². The van der Waals surface area contributed by atoms with Crippen LogP contribution in [0.3, 0.4) is 0 Å². The molecule has 176 valence electrons. The molecule has 34 heavy (non-hydrogen) atoms. The Morgan fingerprint density at radius 1 is 0.735 bits per heavy atom. The third-order valence-corrected chi connectivity index (χ3v) is 4.86. The number of anilines is 1. The zero-order chi connectivity index (χ0) is 24.5. The van der Waals surface area contributed by atoms with E-state index in [1.165, 1.54) is 38.5 Å². The first-order valence-electron chi connectivity index (χ1n) is 10.4. The normalized spacial score (nSPS) is 10.2. The number of carbonyl (C=O) groups excluding carboxylic acids is 3. The lowest BCUT2D eigenvalue weighted by molar-refractivity contribution is 0.0925. The van der Waals surface area contributed by atoms with Gasteiger partial charge in [-0.3, -0.25) is 14.4 Å². The summed E-state index contributed by atoms with van der Waals surface area (Å²) in [6.45, 7) is 0.413. The van der Waals surface area contributed by atoms with Crippen LogP contribution in [0.25, 0.3) is 0 Å². The number of carbonyl (C=O) groups is 3. The fourth-order valence-corrected chi connectivity index (χ4v) is 3.12. The number of para-hydroxylation sites is 1. The van der Waals surface area contributed by atoms with Crippen molar-refractivity contribution < 1.29 is 28.2 Å². The highest BCUT2D eigenvalue weighted by atomic mass is 19.1. The highest BCUT2D eigenvalue weighted by Crippen LogP contribution is 2.30. The van der Waals surface area contributed by atoms with Crippen LogP contribution < -0.4 is 25.4 Å². The van der Waals surface area contributed by atoms with Gasteiger partial charge in [0.1, 0.15) is 5.82 Å². The predicted molar refractivity (Wildman–Crippen MR) is 125 cm³/mol. The van der Waals surface area contributed by atoms with Crippen molar-refractivity contribution in [3.05, 3.63) is 89.2 Å². The number of methoxy groups -OCH3 is 2. The van der Waals surface area contributed by atoms with Crippen LogP contribution in [0.4, 0.5) is 10.1 Å². The summed E-state index contributed by atoms with van der Waals surface area (Å²) in [5.41, 5.74) is 1.52. The molecule has 0 fully saturated rings. The molecule has 0 aliphatic rings. The van der Waals surface area contributed by atoms with Gasteiger partial charge in [-0.1, -0.05) is 6.07 Å². The fourth-order valence-electron chi connectivity index (χ4n) is 3.12. The van der Waals surface area contributed by atoms with Gasteiger partial charge in [-0.25, -0.2) is 4.39 Å². The Morgan fingerprint density at radius 3 is 1.94 bits per heavy atom. The third-order valence-electron chi connectivity index (χ3n) is 4.86. The van der Waals surface area contributed by atoms with Crippen LogP contribution in [0.5, 0.6) is 11.5 Å². The zero-order valence-corrected chi connectivity index (χ0v) is 18.7. The highest BCUT2D eigenvalue weighted by molar-refractivity contribution is 6.04. The van der Waals surface area contributed by atoms with E-state index in [0.29, 0.717) is 33.9 Å². The molecule has 0 saturated heterocycles. The Bertz CT molecular complexity index is 1160. The second-order valence-electron chi connectivity index (χ2n) is 7.09. The molecule has 3 N–H and O–H groups in total. The predicted octanol–water partition coefficient (Wildman–Crippen LogP) is 3.26. The summed E-state index contributed by atoms with van der Waals surface area (Å²) in [7, 11) is 2.94. The minimum absolute atomic E-state index is 0.205. The summed E-state index contributed by atoms with van der Waals surface area (Å²) in [5.74, 6) is -0.720. The van der Waals surface area contributed by atoms with Crippen molar-refractivity contribution in [1.29, 1.82) is 0 Å². The molecule has 0 radical (unpaired) electrons.